The Bertz CT molecular complexity index is 346. The summed E-state index contributed by atoms with van der Waals surface area (Å²) in [6.45, 7) is 1.78. The summed E-state index contributed by atoms with van der Waals surface area (Å²) >= 11 is 0. The molecule has 7 nitrogen and oxygen atoms in total. The van der Waals surface area contributed by atoms with E-state index in [1.807, 2.05) is 0 Å². The molecule has 1 rings (SSSR count). The minimum Gasteiger partial charge on any atom is -0.409 e. The van der Waals surface area contributed by atoms with E-state index in [0.29, 0.717) is 5.82 Å². The first-order valence-corrected chi connectivity index (χ1v) is 4.38. The maximum absolute atomic E-state index is 11.3. The number of H-pyrrole nitrogens is 1. The van der Waals surface area contributed by atoms with Crippen LogP contribution in [0.3, 0.4) is 0 Å². The summed E-state index contributed by atoms with van der Waals surface area (Å²) in [5.41, 5.74) is 5.18. The largest absolute Gasteiger partial charge is 0.409 e. The molecule has 0 bridgehead atoms. The maximum atomic E-state index is 11.3. The molecule has 0 fully saturated rings. The van der Waals surface area contributed by atoms with Gasteiger partial charge in [0.25, 0.3) is 0 Å². The molecule has 0 radical (unpaired) electrons. The van der Waals surface area contributed by atoms with Gasteiger partial charge in [0.2, 0.25) is 5.91 Å². The number of nitrogens with one attached hydrogen (secondary N) is 2. The molecule has 1 unspecified atom stereocenters. The molecule has 82 valence electrons. The van der Waals surface area contributed by atoms with Crippen molar-refractivity contribution in [3.05, 3.63) is 18.2 Å². The number of imidazole rings is 1. The Morgan fingerprint density at radius 2 is 2.60 bits per heavy atom. The van der Waals surface area contributed by atoms with Crippen molar-refractivity contribution in [3.8, 4) is 0 Å². The van der Waals surface area contributed by atoms with Gasteiger partial charge in [0, 0.05) is 12.4 Å². The molecule has 15 heavy (non-hydrogen) atoms. The van der Waals surface area contributed by atoms with Crippen molar-refractivity contribution < 1.29 is 10.0 Å². The number of carbonyl (C=O) groups excluding carboxylic acids is 1. The maximum Gasteiger partial charge on any atom is 0.228 e. The third-order valence-electron chi connectivity index (χ3n) is 1.78. The molecule has 0 saturated carbocycles. The van der Waals surface area contributed by atoms with Crippen molar-refractivity contribution >= 4 is 11.7 Å². The highest BCUT2D eigenvalue weighted by atomic mass is 16.4. The van der Waals surface area contributed by atoms with Gasteiger partial charge in [-0.2, -0.15) is 0 Å². The van der Waals surface area contributed by atoms with Crippen molar-refractivity contribution in [2.75, 3.05) is 0 Å². The van der Waals surface area contributed by atoms with Gasteiger partial charge in [-0.05, 0) is 6.92 Å². The van der Waals surface area contributed by atoms with Gasteiger partial charge in [-0.1, -0.05) is 5.16 Å². The average molecular weight is 211 g/mol. The molecular weight excluding hydrogens is 198 g/mol. The molecule has 1 amide bonds. The highest BCUT2D eigenvalue weighted by molar-refractivity contribution is 5.98. The van der Waals surface area contributed by atoms with Crippen molar-refractivity contribution in [2.24, 2.45) is 10.9 Å². The van der Waals surface area contributed by atoms with E-state index < -0.39 is 0 Å². The third-order valence-corrected chi connectivity index (χ3v) is 1.78. The van der Waals surface area contributed by atoms with Crippen molar-refractivity contribution in [1.82, 2.24) is 15.3 Å². The van der Waals surface area contributed by atoms with Gasteiger partial charge in [0.05, 0.1) is 12.5 Å². The molecule has 0 saturated heterocycles. The molecule has 1 atom stereocenters. The van der Waals surface area contributed by atoms with E-state index in [0.717, 1.165) is 0 Å². The Balaban J connectivity index is 2.45. The number of oxime groups is 1. The predicted molar refractivity (Wildman–Crippen MR) is 53.2 cm³/mol. The van der Waals surface area contributed by atoms with E-state index >= 15 is 0 Å². The second kappa shape index (κ2) is 4.99. The minimum absolute atomic E-state index is 0.126. The van der Waals surface area contributed by atoms with Crippen LogP contribution in [0.15, 0.2) is 17.5 Å². The van der Waals surface area contributed by atoms with E-state index in [4.69, 9.17) is 10.9 Å². The number of rotatable bonds is 4. The lowest BCUT2D eigenvalue weighted by atomic mass is 10.3. The van der Waals surface area contributed by atoms with Crippen molar-refractivity contribution in [1.29, 1.82) is 0 Å². The standard InChI is InChI=1S/C8H13N5O2/c1-5(8-10-2-3-11-8)12-7(14)4-6(9)13-15/h2-3,5,15H,4H2,1H3,(H2,9,13)(H,10,11)(H,12,14). The normalized spacial score (nSPS) is 13.5. The van der Waals surface area contributed by atoms with Gasteiger partial charge in [-0.15, -0.1) is 0 Å². The third kappa shape index (κ3) is 3.29. The minimum atomic E-state index is -0.325. The predicted octanol–water partition coefficient (Wildman–Crippen LogP) is -0.277. The van der Waals surface area contributed by atoms with Crippen LogP contribution in [0.25, 0.3) is 0 Å². The number of amides is 1. The highest BCUT2D eigenvalue weighted by Gasteiger charge is 2.12. The van der Waals surface area contributed by atoms with Gasteiger partial charge in [-0.25, -0.2) is 4.98 Å². The number of aromatic nitrogens is 2. The molecule has 7 heteroatoms. The van der Waals surface area contributed by atoms with Crippen LogP contribution in [-0.2, 0) is 4.79 Å². The summed E-state index contributed by atoms with van der Waals surface area (Å²) in [4.78, 5) is 18.2. The topological polar surface area (TPSA) is 116 Å². The Morgan fingerprint density at radius 3 is 3.13 bits per heavy atom. The van der Waals surface area contributed by atoms with Gasteiger partial charge >= 0.3 is 0 Å². The number of hydrogen-bond donors (Lipinski definition) is 4. The Hall–Kier alpha value is -2.05. The zero-order valence-corrected chi connectivity index (χ0v) is 8.27. The Labute approximate surface area is 86.4 Å². The van der Waals surface area contributed by atoms with E-state index in [1.165, 1.54) is 0 Å². The number of amidine groups is 1. The molecular formula is C8H13N5O2. The van der Waals surface area contributed by atoms with Crippen LogP contribution in [0.1, 0.15) is 25.2 Å². The SMILES string of the molecule is CC(NC(=O)C/C(N)=N/O)c1ncc[nH]1. The number of nitrogens with zero attached hydrogens (tertiary/aromatic N) is 2. The number of aromatic amines is 1. The van der Waals surface area contributed by atoms with E-state index in [-0.39, 0.29) is 24.2 Å². The summed E-state index contributed by atoms with van der Waals surface area (Å²) in [6, 6.07) is -0.237. The summed E-state index contributed by atoms with van der Waals surface area (Å²) in [5, 5.41) is 13.6. The molecule has 0 aromatic carbocycles. The quantitative estimate of drug-likeness (QED) is 0.237. The van der Waals surface area contributed by atoms with E-state index in [9.17, 15) is 4.79 Å². The second-order valence-electron chi connectivity index (χ2n) is 3.03. The molecule has 0 aliphatic carbocycles. The zero-order valence-electron chi connectivity index (χ0n) is 8.27. The van der Waals surface area contributed by atoms with Crippen molar-refractivity contribution in [3.63, 3.8) is 0 Å². The number of nitrogens with two attached hydrogens (primary N) is 1. The lowest BCUT2D eigenvalue weighted by molar-refractivity contribution is -0.120. The average Bonchev–Trinajstić information content (AvgIpc) is 2.70. The molecule has 1 heterocycles. The molecule has 1 aromatic heterocycles. The number of carbonyl (C=O) groups is 1. The van der Waals surface area contributed by atoms with Crippen LogP contribution < -0.4 is 11.1 Å². The fraction of sp³-hybridized carbons (Fsp3) is 0.375. The summed E-state index contributed by atoms with van der Waals surface area (Å²) < 4.78 is 0. The summed E-state index contributed by atoms with van der Waals surface area (Å²) in [6.07, 6.45) is 3.13. The Morgan fingerprint density at radius 1 is 1.87 bits per heavy atom. The molecule has 1 aromatic rings. The first kappa shape index (κ1) is 11.0. The first-order valence-electron chi connectivity index (χ1n) is 4.38. The second-order valence-corrected chi connectivity index (χ2v) is 3.03. The first-order chi connectivity index (χ1) is 7.13. The van der Waals surface area contributed by atoms with Crippen LogP contribution in [0, 0.1) is 0 Å². The van der Waals surface area contributed by atoms with Crippen LogP contribution in [0.4, 0.5) is 0 Å². The molecule has 0 aliphatic heterocycles. The monoisotopic (exact) mass is 211 g/mol. The van der Waals surface area contributed by atoms with Gasteiger partial charge in [-0.3, -0.25) is 4.79 Å². The van der Waals surface area contributed by atoms with Gasteiger partial charge < -0.3 is 21.2 Å². The Kier molecular flexibility index (Phi) is 3.67. The number of hydrogen-bond acceptors (Lipinski definition) is 4. The summed E-state index contributed by atoms with van der Waals surface area (Å²) in [5.74, 6) is 0.205. The van der Waals surface area contributed by atoms with Gasteiger partial charge in [0.15, 0.2) is 0 Å². The fourth-order valence-electron chi connectivity index (χ4n) is 1.08. The lowest BCUT2D eigenvalue weighted by Crippen LogP contribution is -2.31. The van der Waals surface area contributed by atoms with Gasteiger partial charge in [0.1, 0.15) is 11.7 Å². The highest BCUT2D eigenvalue weighted by Crippen LogP contribution is 2.04. The zero-order chi connectivity index (χ0) is 11.3. The van der Waals surface area contributed by atoms with Crippen LogP contribution in [0.2, 0.25) is 0 Å². The molecule has 5 N–H and O–H groups in total. The smallest absolute Gasteiger partial charge is 0.228 e. The lowest BCUT2D eigenvalue weighted by Gasteiger charge is -2.10. The van der Waals surface area contributed by atoms with Crippen LogP contribution >= 0.6 is 0 Å². The van der Waals surface area contributed by atoms with Crippen molar-refractivity contribution in [2.45, 2.75) is 19.4 Å². The fourth-order valence-corrected chi connectivity index (χ4v) is 1.08. The summed E-state index contributed by atoms with van der Waals surface area (Å²) in [7, 11) is 0. The van der Waals surface area contributed by atoms with Crippen LogP contribution in [-0.4, -0.2) is 26.9 Å². The molecule has 0 spiro atoms. The molecule has 0 aliphatic rings. The van der Waals surface area contributed by atoms with Crippen LogP contribution in [0.5, 0.6) is 0 Å². The van der Waals surface area contributed by atoms with E-state index in [1.54, 1.807) is 19.3 Å². The van der Waals surface area contributed by atoms with E-state index in [2.05, 4.69) is 20.4 Å².